The summed E-state index contributed by atoms with van der Waals surface area (Å²) in [7, 11) is 3.92. The topological polar surface area (TPSA) is 53.4 Å². The molecule has 1 aliphatic heterocycles. The van der Waals surface area contributed by atoms with Gasteiger partial charge in [0.15, 0.2) is 0 Å². The van der Waals surface area contributed by atoms with E-state index in [0.29, 0.717) is 5.15 Å². The number of carbonyl (C=O) groups is 1. The van der Waals surface area contributed by atoms with E-state index < -0.39 is 0 Å². The molecule has 0 atom stereocenters. The Balaban J connectivity index is 1.60. The smallest absolute Gasteiger partial charge is 0.248 e. The van der Waals surface area contributed by atoms with Crippen molar-refractivity contribution in [2.75, 3.05) is 43.4 Å². The number of hydrogen-bond acceptors (Lipinski definition) is 4. The lowest BCUT2D eigenvalue weighted by molar-refractivity contribution is -0.111. The lowest BCUT2D eigenvalue weighted by atomic mass is 10.2. The van der Waals surface area contributed by atoms with Gasteiger partial charge in [-0.05, 0) is 44.3 Å². The van der Waals surface area contributed by atoms with Gasteiger partial charge in [0.05, 0.1) is 5.69 Å². The fraction of sp³-hybridized carbons (Fsp3) is 0.368. The van der Waals surface area contributed by atoms with Crippen LogP contribution >= 0.6 is 11.6 Å². The number of nitrogens with zero attached hydrogens (tertiary/aromatic N) is 4. The van der Waals surface area contributed by atoms with Crippen LogP contribution in [-0.4, -0.2) is 53.8 Å². The fourth-order valence-electron chi connectivity index (χ4n) is 3.00. The van der Waals surface area contributed by atoms with Gasteiger partial charge in [-0.1, -0.05) is 11.6 Å². The van der Waals surface area contributed by atoms with E-state index in [9.17, 15) is 4.79 Å². The van der Waals surface area contributed by atoms with Gasteiger partial charge in [0.1, 0.15) is 5.15 Å². The number of aromatic nitrogens is 2. The summed E-state index contributed by atoms with van der Waals surface area (Å²) in [5.41, 5.74) is 3.50. The highest BCUT2D eigenvalue weighted by molar-refractivity contribution is 6.31. The third-order valence-corrected chi connectivity index (χ3v) is 5.05. The number of aryl methyl sites for hydroxylation is 2. The molecule has 6 nitrogen and oxygen atoms in total. The van der Waals surface area contributed by atoms with Gasteiger partial charge in [0.2, 0.25) is 5.91 Å². The SMILES string of the molecule is Cc1nn(C)c(Cl)c1/C=C/C(=O)Nc1ccc(N2CCN(C)CC2)cc1. The number of anilines is 2. The minimum atomic E-state index is -0.198. The van der Waals surface area contributed by atoms with Gasteiger partial charge < -0.3 is 15.1 Å². The first-order valence-corrected chi connectivity index (χ1v) is 9.03. The summed E-state index contributed by atoms with van der Waals surface area (Å²) < 4.78 is 1.59. The van der Waals surface area contributed by atoms with Crippen molar-refractivity contribution in [2.24, 2.45) is 7.05 Å². The monoisotopic (exact) mass is 373 g/mol. The van der Waals surface area contributed by atoms with E-state index in [1.54, 1.807) is 17.8 Å². The number of benzene rings is 1. The van der Waals surface area contributed by atoms with Crippen molar-refractivity contribution in [3.05, 3.63) is 46.8 Å². The highest BCUT2D eigenvalue weighted by atomic mass is 35.5. The Morgan fingerprint density at radius 2 is 1.81 bits per heavy atom. The summed E-state index contributed by atoms with van der Waals surface area (Å²) in [6.07, 6.45) is 3.17. The predicted molar refractivity (Wildman–Crippen MR) is 107 cm³/mol. The summed E-state index contributed by atoms with van der Waals surface area (Å²) in [4.78, 5) is 16.8. The Bertz CT molecular complexity index is 804. The molecule has 1 fully saturated rings. The van der Waals surface area contributed by atoms with Crippen LogP contribution in [-0.2, 0) is 11.8 Å². The molecule has 0 spiro atoms. The molecule has 1 N–H and O–H groups in total. The molecule has 3 rings (SSSR count). The van der Waals surface area contributed by atoms with Crippen LogP contribution in [0.5, 0.6) is 0 Å². The van der Waals surface area contributed by atoms with Crippen molar-refractivity contribution in [3.8, 4) is 0 Å². The molecular formula is C19H24ClN5O. The molecule has 2 heterocycles. The number of piperazine rings is 1. The van der Waals surface area contributed by atoms with Crippen LogP contribution in [0.15, 0.2) is 30.3 Å². The second kappa shape index (κ2) is 7.93. The molecule has 1 saturated heterocycles. The molecule has 1 aromatic heterocycles. The van der Waals surface area contributed by atoms with Crippen LogP contribution in [0.2, 0.25) is 5.15 Å². The van der Waals surface area contributed by atoms with E-state index in [-0.39, 0.29) is 5.91 Å². The first kappa shape index (κ1) is 18.5. The normalized spacial score (nSPS) is 15.6. The molecule has 138 valence electrons. The maximum atomic E-state index is 12.2. The summed E-state index contributed by atoms with van der Waals surface area (Å²) in [6.45, 7) is 6.05. The molecular weight excluding hydrogens is 350 g/mol. The number of amides is 1. The van der Waals surface area contributed by atoms with Gasteiger partial charge in [0.25, 0.3) is 0 Å². The van der Waals surface area contributed by atoms with Gasteiger partial charge in [0, 0.05) is 56.2 Å². The first-order valence-electron chi connectivity index (χ1n) is 8.66. The number of halogens is 1. The Labute approximate surface area is 159 Å². The third-order valence-electron chi connectivity index (χ3n) is 4.60. The second-order valence-corrected chi connectivity index (χ2v) is 6.93. The van der Waals surface area contributed by atoms with Crippen molar-refractivity contribution in [1.29, 1.82) is 0 Å². The van der Waals surface area contributed by atoms with E-state index in [0.717, 1.165) is 43.1 Å². The molecule has 0 radical (unpaired) electrons. The van der Waals surface area contributed by atoms with E-state index in [4.69, 9.17) is 11.6 Å². The van der Waals surface area contributed by atoms with Gasteiger partial charge >= 0.3 is 0 Å². The lowest BCUT2D eigenvalue weighted by Crippen LogP contribution is -2.44. The molecule has 0 bridgehead atoms. The molecule has 2 aromatic rings. The van der Waals surface area contributed by atoms with Crippen molar-refractivity contribution in [1.82, 2.24) is 14.7 Å². The molecule has 0 saturated carbocycles. The molecule has 0 aliphatic carbocycles. The van der Waals surface area contributed by atoms with Crippen molar-refractivity contribution >= 4 is 35.0 Å². The number of hydrogen-bond donors (Lipinski definition) is 1. The van der Waals surface area contributed by atoms with E-state index in [1.165, 1.54) is 11.8 Å². The summed E-state index contributed by atoms with van der Waals surface area (Å²) in [5, 5.41) is 7.61. The summed E-state index contributed by atoms with van der Waals surface area (Å²) >= 11 is 6.17. The Kier molecular flexibility index (Phi) is 5.64. The standard InChI is InChI=1S/C19H24ClN5O/c1-14-17(19(20)24(3)22-14)8-9-18(26)21-15-4-6-16(7-5-15)25-12-10-23(2)11-13-25/h4-9H,10-13H2,1-3H3,(H,21,26)/b9-8+. The highest BCUT2D eigenvalue weighted by Gasteiger charge is 2.14. The zero-order valence-electron chi connectivity index (χ0n) is 15.4. The Morgan fingerprint density at radius 1 is 1.15 bits per heavy atom. The van der Waals surface area contributed by atoms with Crippen LogP contribution in [0.4, 0.5) is 11.4 Å². The van der Waals surface area contributed by atoms with Crippen LogP contribution < -0.4 is 10.2 Å². The van der Waals surface area contributed by atoms with Crippen LogP contribution in [0, 0.1) is 6.92 Å². The van der Waals surface area contributed by atoms with E-state index in [2.05, 4.69) is 27.3 Å². The largest absolute Gasteiger partial charge is 0.369 e. The lowest BCUT2D eigenvalue weighted by Gasteiger charge is -2.34. The summed E-state index contributed by atoms with van der Waals surface area (Å²) in [6, 6.07) is 7.96. The third kappa shape index (κ3) is 4.26. The molecule has 1 aromatic carbocycles. The first-order chi connectivity index (χ1) is 12.4. The van der Waals surface area contributed by atoms with Gasteiger partial charge in [-0.3, -0.25) is 9.48 Å². The number of carbonyl (C=O) groups excluding carboxylic acids is 1. The van der Waals surface area contributed by atoms with Gasteiger partial charge in [-0.25, -0.2) is 0 Å². The van der Waals surface area contributed by atoms with Crippen molar-refractivity contribution in [2.45, 2.75) is 6.92 Å². The minimum Gasteiger partial charge on any atom is -0.369 e. The molecule has 0 unspecified atom stereocenters. The number of likely N-dealkylation sites (N-methyl/N-ethyl adjacent to an activating group) is 1. The van der Waals surface area contributed by atoms with Crippen LogP contribution in [0.3, 0.4) is 0 Å². The zero-order valence-corrected chi connectivity index (χ0v) is 16.1. The number of rotatable bonds is 4. The highest BCUT2D eigenvalue weighted by Crippen LogP contribution is 2.21. The Hall–Kier alpha value is -2.31. The molecule has 1 amide bonds. The maximum absolute atomic E-state index is 12.2. The van der Waals surface area contributed by atoms with E-state index in [1.807, 2.05) is 31.2 Å². The zero-order chi connectivity index (χ0) is 18.7. The van der Waals surface area contributed by atoms with Crippen molar-refractivity contribution < 1.29 is 4.79 Å². The molecule has 26 heavy (non-hydrogen) atoms. The van der Waals surface area contributed by atoms with Crippen LogP contribution in [0.25, 0.3) is 6.08 Å². The predicted octanol–water partition coefficient (Wildman–Crippen LogP) is 2.79. The summed E-state index contributed by atoms with van der Waals surface area (Å²) in [5.74, 6) is -0.198. The Morgan fingerprint density at radius 3 is 2.38 bits per heavy atom. The van der Waals surface area contributed by atoms with Gasteiger partial charge in [-0.15, -0.1) is 0 Å². The number of nitrogens with one attached hydrogen (secondary N) is 1. The fourth-order valence-corrected chi connectivity index (χ4v) is 3.24. The maximum Gasteiger partial charge on any atom is 0.248 e. The van der Waals surface area contributed by atoms with Gasteiger partial charge in [-0.2, -0.15) is 5.10 Å². The molecule has 7 heteroatoms. The quantitative estimate of drug-likeness (QED) is 0.837. The van der Waals surface area contributed by atoms with Crippen LogP contribution in [0.1, 0.15) is 11.3 Å². The average Bonchev–Trinajstić information content (AvgIpc) is 2.87. The van der Waals surface area contributed by atoms with E-state index >= 15 is 0 Å². The average molecular weight is 374 g/mol. The molecule has 1 aliphatic rings. The van der Waals surface area contributed by atoms with Crippen molar-refractivity contribution in [3.63, 3.8) is 0 Å². The minimum absolute atomic E-state index is 0.198. The second-order valence-electron chi connectivity index (χ2n) is 6.57.